The molecule has 0 saturated carbocycles. The molecule has 3 aromatic carbocycles. The molecule has 1 fully saturated rings. The summed E-state index contributed by atoms with van der Waals surface area (Å²) in [6.45, 7) is -0.569. The van der Waals surface area contributed by atoms with Gasteiger partial charge in [0.05, 0.1) is 11.8 Å². The zero-order valence-corrected chi connectivity index (χ0v) is 22.3. The Morgan fingerprint density at radius 3 is 2.24 bits per heavy atom. The summed E-state index contributed by atoms with van der Waals surface area (Å²) in [5, 5.41) is 14.2. The summed E-state index contributed by atoms with van der Waals surface area (Å²) >= 11 is 3.39. The molecular formula is C27H17BrF4N6O3. The van der Waals surface area contributed by atoms with Gasteiger partial charge < -0.3 is 0 Å². The van der Waals surface area contributed by atoms with Crippen LogP contribution in [0.4, 0.5) is 23.2 Å². The first kappa shape index (κ1) is 26.7. The van der Waals surface area contributed by atoms with Crippen LogP contribution in [0, 0.1) is 23.3 Å². The number of halogens is 5. The van der Waals surface area contributed by atoms with Crippen LogP contribution in [0.1, 0.15) is 23.6 Å². The molecule has 3 amide bonds. The van der Waals surface area contributed by atoms with Crippen molar-refractivity contribution in [3.8, 4) is 0 Å². The third-order valence-corrected chi connectivity index (χ3v) is 7.52. The van der Waals surface area contributed by atoms with E-state index in [1.165, 1.54) is 5.01 Å². The molecule has 208 valence electrons. The smallest absolute Gasteiger partial charge is 0.264 e. The van der Waals surface area contributed by atoms with E-state index in [4.69, 9.17) is 0 Å². The SMILES string of the molecule is O=C1[C@H]2N=NN(CC(=O)N3N=C(c4ccc(Br)cc4)C[C@H]3c3ccccc3)[C@@H]2C(=O)N1c1c(F)c(F)cc(F)c1F. The van der Waals surface area contributed by atoms with Crippen molar-refractivity contribution >= 4 is 45.1 Å². The number of hydrogen-bond donors (Lipinski definition) is 0. The predicted octanol–water partition coefficient (Wildman–Crippen LogP) is 4.68. The van der Waals surface area contributed by atoms with Crippen LogP contribution in [0.3, 0.4) is 0 Å². The second-order valence-corrected chi connectivity index (χ2v) is 10.4. The van der Waals surface area contributed by atoms with E-state index in [1.807, 2.05) is 54.6 Å². The van der Waals surface area contributed by atoms with Crippen molar-refractivity contribution in [2.24, 2.45) is 15.4 Å². The van der Waals surface area contributed by atoms with Gasteiger partial charge in [0, 0.05) is 17.0 Å². The Morgan fingerprint density at radius 1 is 0.927 bits per heavy atom. The summed E-state index contributed by atoms with van der Waals surface area (Å²) in [4.78, 5) is 39.7. The first-order valence-corrected chi connectivity index (χ1v) is 13.0. The van der Waals surface area contributed by atoms with Gasteiger partial charge in [0.15, 0.2) is 35.4 Å². The van der Waals surface area contributed by atoms with Crippen LogP contribution in [0.25, 0.3) is 0 Å². The van der Waals surface area contributed by atoms with Gasteiger partial charge in [-0.2, -0.15) is 10.2 Å². The molecule has 0 spiro atoms. The third kappa shape index (κ3) is 4.47. The molecule has 0 aromatic heterocycles. The second-order valence-electron chi connectivity index (χ2n) is 9.44. The minimum atomic E-state index is -1.91. The molecule has 1 saturated heterocycles. The monoisotopic (exact) mass is 628 g/mol. The van der Waals surface area contributed by atoms with Gasteiger partial charge in [-0.15, -0.1) is 0 Å². The number of fused-ring (bicyclic) bond motifs is 1. The van der Waals surface area contributed by atoms with Crippen LogP contribution >= 0.6 is 15.9 Å². The van der Waals surface area contributed by atoms with Gasteiger partial charge in [-0.05, 0) is 23.3 Å². The number of nitrogens with zero attached hydrogens (tertiary/aromatic N) is 6. The molecule has 6 rings (SSSR count). The Labute approximate surface area is 237 Å². The van der Waals surface area contributed by atoms with E-state index < -0.39 is 71.3 Å². The maximum absolute atomic E-state index is 14.5. The number of benzene rings is 3. The van der Waals surface area contributed by atoms with Crippen molar-refractivity contribution in [2.75, 3.05) is 11.4 Å². The van der Waals surface area contributed by atoms with Crippen molar-refractivity contribution in [3.05, 3.63) is 99.5 Å². The van der Waals surface area contributed by atoms with Crippen LogP contribution in [0.5, 0.6) is 0 Å². The zero-order chi connectivity index (χ0) is 29.0. The number of imide groups is 1. The Balaban J connectivity index is 1.28. The van der Waals surface area contributed by atoms with Gasteiger partial charge in [-0.3, -0.25) is 19.4 Å². The van der Waals surface area contributed by atoms with E-state index >= 15 is 0 Å². The molecule has 0 N–H and O–H groups in total. The molecular weight excluding hydrogens is 612 g/mol. The van der Waals surface area contributed by atoms with Crippen LogP contribution < -0.4 is 4.90 Å². The number of rotatable bonds is 5. The Kier molecular flexibility index (Phi) is 6.64. The lowest BCUT2D eigenvalue weighted by Crippen LogP contribution is -2.45. The summed E-state index contributed by atoms with van der Waals surface area (Å²) < 4.78 is 57.5. The first-order chi connectivity index (χ1) is 19.7. The molecule has 41 heavy (non-hydrogen) atoms. The van der Waals surface area contributed by atoms with Gasteiger partial charge in [0.2, 0.25) is 0 Å². The van der Waals surface area contributed by atoms with Gasteiger partial charge >= 0.3 is 0 Å². The van der Waals surface area contributed by atoms with Crippen LogP contribution in [0.2, 0.25) is 0 Å². The molecule has 9 nitrogen and oxygen atoms in total. The summed E-state index contributed by atoms with van der Waals surface area (Å²) in [6, 6.07) is 12.9. The van der Waals surface area contributed by atoms with Crippen LogP contribution in [0.15, 0.2) is 80.6 Å². The highest BCUT2D eigenvalue weighted by atomic mass is 79.9. The maximum atomic E-state index is 14.5. The van der Waals surface area contributed by atoms with E-state index in [0.717, 1.165) is 20.6 Å². The lowest BCUT2D eigenvalue weighted by Gasteiger charge is -2.25. The molecule has 14 heteroatoms. The van der Waals surface area contributed by atoms with Crippen molar-refractivity contribution < 1.29 is 31.9 Å². The quantitative estimate of drug-likeness (QED) is 0.233. The fourth-order valence-electron chi connectivity index (χ4n) is 5.03. The largest absolute Gasteiger partial charge is 0.271 e. The molecule has 3 heterocycles. The van der Waals surface area contributed by atoms with E-state index in [0.29, 0.717) is 12.1 Å². The van der Waals surface area contributed by atoms with Crippen LogP contribution in [-0.4, -0.2) is 52.1 Å². The number of carbonyl (C=O) groups is 3. The van der Waals surface area contributed by atoms with Crippen molar-refractivity contribution in [1.82, 2.24) is 10.0 Å². The third-order valence-electron chi connectivity index (χ3n) is 7.00. The van der Waals surface area contributed by atoms with Gasteiger partial charge in [0.1, 0.15) is 12.2 Å². The van der Waals surface area contributed by atoms with Gasteiger partial charge in [0.25, 0.3) is 17.7 Å². The van der Waals surface area contributed by atoms with Crippen molar-refractivity contribution in [3.63, 3.8) is 0 Å². The maximum Gasteiger partial charge on any atom is 0.264 e. The minimum Gasteiger partial charge on any atom is -0.271 e. The number of hydrazone groups is 1. The van der Waals surface area contributed by atoms with Crippen molar-refractivity contribution in [1.29, 1.82) is 0 Å². The van der Waals surface area contributed by atoms with E-state index in [1.54, 1.807) is 0 Å². The number of amides is 3. The lowest BCUT2D eigenvalue weighted by molar-refractivity contribution is -0.135. The molecule has 0 unspecified atom stereocenters. The summed E-state index contributed by atoms with van der Waals surface area (Å²) in [6.07, 6.45) is 0.389. The summed E-state index contributed by atoms with van der Waals surface area (Å²) in [5.41, 5.74) is 0.748. The highest BCUT2D eigenvalue weighted by Crippen LogP contribution is 2.37. The zero-order valence-electron chi connectivity index (χ0n) is 20.7. The standard InChI is InChI=1S/C27H17BrF4N6O3/c28-15-8-6-13(7-9-15)18-11-19(14-4-2-1-3-5-14)38(34-18)20(39)12-36-25-23(33-35-36)26(40)37(27(25)41)24-21(31)16(29)10-17(30)22(24)32/h1-10,19,23,25H,11-12H2/t19-,23-,25-/m0/s1. The molecule has 3 aliphatic rings. The molecule has 3 aromatic rings. The summed E-state index contributed by atoms with van der Waals surface area (Å²) in [5.74, 6) is -10.5. The summed E-state index contributed by atoms with van der Waals surface area (Å²) in [7, 11) is 0. The minimum absolute atomic E-state index is 0.00817. The molecule has 3 atom stereocenters. The molecule has 0 radical (unpaired) electrons. The molecule has 0 aliphatic carbocycles. The Hall–Kier alpha value is -4.46. The lowest BCUT2D eigenvalue weighted by atomic mass is 9.98. The molecule has 3 aliphatic heterocycles. The average Bonchev–Trinajstić information content (AvgIpc) is 3.65. The van der Waals surface area contributed by atoms with Gasteiger partial charge in [-0.1, -0.05) is 63.6 Å². The Bertz CT molecular complexity index is 1630. The number of anilines is 1. The van der Waals surface area contributed by atoms with Crippen molar-refractivity contribution in [2.45, 2.75) is 24.5 Å². The van der Waals surface area contributed by atoms with Gasteiger partial charge in [-0.25, -0.2) is 27.5 Å². The number of hydrogen-bond acceptors (Lipinski definition) is 7. The van der Waals surface area contributed by atoms with E-state index in [9.17, 15) is 31.9 Å². The van der Waals surface area contributed by atoms with E-state index in [2.05, 4.69) is 31.4 Å². The fourth-order valence-corrected chi connectivity index (χ4v) is 5.30. The highest BCUT2D eigenvalue weighted by Gasteiger charge is 2.57. The fraction of sp³-hybridized carbons (Fsp3) is 0.185. The topological polar surface area (TPSA) is 98.0 Å². The number of carbonyl (C=O) groups excluding carboxylic acids is 3. The first-order valence-electron chi connectivity index (χ1n) is 12.2. The van der Waals surface area contributed by atoms with E-state index in [-0.39, 0.29) is 11.0 Å². The average molecular weight is 629 g/mol. The molecule has 0 bridgehead atoms. The highest BCUT2D eigenvalue weighted by molar-refractivity contribution is 9.10. The predicted molar refractivity (Wildman–Crippen MR) is 139 cm³/mol. The Morgan fingerprint density at radius 2 is 1.59 bits per heavy atom. The second kappa shape index (κ2) is 10.2. The van der Waals surface area contributed by atoms with Crippen LogP contribution in [-0.2, 0) is 14.4 Å². The normalized spacial score (nSPS) is 21.6.